The number of piperazine rings is 1. The largest absolute Gasteiger partial charge is 0.395 e. The summed E-state index contributed by atoms with van der Waals surface area (Å²) in [6.45, 7) is 9.17. The van der Waals surface area contributed by atoms with Gasteiger partial charge < -0.3 is 14.6 Å². The molecule has 1 amide bonds. The van der Waals surface area contributed by atoms with Crippen LogP contribution in [0.15, 0.2) is 34.0 Å². The lowest BCUT2D eigenvalue weighted by molar-refractivity contribution is -0.122. The minimum Gasteiger partial charge on any atom is -0.395 e. The monoisotopic (exact) mass is 514 g/mol. The molecule has 2 fully saturated rings. The summed E-state index contributed by atoms with van der Waals surface area (Å²) in [5.41, 5.74) is 2.25. The van der Waals surface area contributed by atoms with Gasteiger partial charge in [-0.1, -0.05) is 61.9 Å². The Morgan fingerprint density at radius 3 is 2.49 bits per heavy atom. The number of amides is 1. The predicted octanol–water partition coefficient (Wildman–Crippen LogP) is 3.53. The summed E-state index contributed by atoms with van der Waals surface area (Å²) in [4.78, 5) is 33.7. The number of thiocarbonyl (C=S) groups is 1. The number of aliphatic hydroxyl groups is 1. The van der Waals surface area contributed by atoms with Gasteiger partial charge in [0.1, 0.15) is 4.32 Å². The Labute approximate surface area is 216 Å². The Kier molecular flexibility index (Phi) is 8.64. The third-order valence-corrected chi connectivity index (χ3v) is 8.11. The number of benzene rings is 1. The Bertz CT molecular complexity index is 1190. The lowest BCUT2D eigenvalue weighted by Gasteiger charge is -2.37. The van der Waals surface area contributed by atoms with Crippen molar-refractivity contribution in [3.63, 3.8) is 0 Å². The van der Waals surface area contributed by atoms with Gasteiger partial charge in [0.25, 0.3) is 11.5 Å². The highest BCUT2D eigenvalue weighted by atomic mass is 32.2. The zero-order valence-electron chi connectivity index (χ0n) is 20.5. The van der Waals surface area contributed by atoms with E-state index in [0.29, 0.717) is 34.4 Å². The normalized spacial score (nSPS) is 18.4. The van der Waals surface area contributed by atoms with E-state index in [1.54, 1.807) is 15.5 Å². The van der Waals surface area contributed by atoms with Gasteiger partial charge in [0, 0.05) is 51.2 Å². The van der Waals surface area contributed by atoms with Crippen LogP contribution in [-0.4, -0.2) is 75.6 Å². The lowest BCUT2D eigenvalue weighted by atomic mass is 10.0. The van der Waals surface area contributed by atoms with Crippen LogP contribution < -0.4 is 10.5 Å². The van der Waals surface area contributed by atoms with Gasteiger partial charge in [0.2, 0.25) is 0 Å². The number of aromatic nitrogens is 1. The van der Waals surface area contributed by atoms with E-state index in [1.807, 2.05) is 25.1 Å². The fourth-order valence-electron chi connectivity index (χ4n) is 4.88. The quantitative estimate of drug-likeness (QED) is 0.312. The van der Waals surface area contributed by atoms with Crippen molar-refractivity contribution in [3.05, 3.63) is 45.1 Å². The number of carbonyl (C=O) groups is 1. The average molecular weight is 515 g/mol. The van der Waals surface area contributed by atoms with E-state index < -0.39 is 0 Å². The first kappa shape index (κ1) is 25.9. The number of hydrogen-bond acceptors (Lipinski definition) is 7. The molecular formula is C26H34N4O3S2. The van der Waals surface area contributed by atoms with E-state index in [1.165, 1.54) is 11.8 Å². The van der Waals surface area contributed by atoms with Crippen LogP contribution >= 0.6 is 24.0 Å². The van der Waals surface area contributed by atoms with Crippen LogP contribution in [0.3, 0.4) is 0 Å². The fourth-order valence-corrected chi connectivity index (χ4v) is 6.17. The van der Waals surface area contributed by atoms with Gasteiger partial charge in [-0.3, -0.25) is 19.4 Å². The molecule has 0 saturated carbocycles. The SMILES string of the molecule is CCCCCN1C(=O)C(=Cc2c(N3CCN(CCO)CC3)c3ccccc3n(CC)c2=O)SC1=S. The minimum absolute atomic E-state index is 0.0877. The lowest BCUT2D eigenvalue weighted by Crippen LogP contribution is -2.48. The smallest absolute Gasteiger partial charge is 0.266 e. The second-order valence-corrected chi connectivity index (χ2v) is 10.6. The predicted molar refractivity (Wildman–Crippen MR) is 149 cm³/mol. The Morgan fingerprint density at radius 2 is 1.80 bits per heavy atom. The summed E-state index contributed by atoms with van der Waals surface area (Å²) in [5.74, 6) is -0.106. The molecule has 0 bridgehead atoms. The molecule has 0 atom stereocenters. The first-order chi connectivity index (χ1) is 17.0. The first-order valence-corrected chi connectivity index (χ1v) is 13.7. The molecule has 1 aromatic carbocycles. The number of thioether (sulfide) groups is 1. The maximum absolute atomic E-state index is 13.8. The number of pyridine rings is 1. The van der Waals surface area contributed by atoms with Crippen molar-refractivity contribution < 1.29 is 9.90 Å². The maximum Gasteiger partial charge on any atom is 0.266 e. The Balaban J connectivity index is 1.79. The molecule has 0 spiro atoms. The molecule has 2 aliphatic rings. The zero-order valence-corrected chi connectivity index (χ0v) is 22.2. The molecule has 1 N–H and O–H groups in total. The van der Waals surface area contributed by atoms with E-state index in [9.17, 15) is 14.7 Å². The van der Waals surface area contributed by atoms with E-state index in [2.05, 4.69) is 22.8 Å². The summed E-state index contributed by atoms with van der Waals surface area (Å²) >= 11 is 6.81. The number of fused-ring (bicyclic) bond motifs is 1. The molecule has 0 radical (unpaired) electrons. The Morgan fingerprint density at radius 1 is 1.06 bits per heavy atom. The first-order valence-electron chi connectivity index (χ1n) is 12.5. The van der Waals surface area contributed by atoms with Crippen molar-refractivity contribution in [2.75, 3.05) is 50.8 Å². The van der Waals surface area contributed by atoms with Crippen molar-refractivity contribution >= 4 is 56.9 Å². The van der Waals surface area contributed by atoms with Gasteiger partial charge in [-0.15, -0.1) is 0 Å². The van der Waals surface area contributed by atoms with Gasteiger partial charge in [-0.25, -0.2) is 0 Å². The highest BCUT2D eigenvalue weighted by Gasteiger charge is 2.33. The summed E-state index contributed by atoms with van der Waals surface area (Å²) in [6, 6.07) is 8.00. The maximum atomic E-state index is 13.8. The number of para-hydroxylation sites is 1. The highest BCUT2D eigenvalue weighted by molar-refractivity contribution is 8.26. The van der Waals surface area contributed by atoms with Crippen LogP contribution in [0.2, 0.25) is 0 Å². The summed E-state index contributed by atoms with van der Waals surface area (Å²) in [5, 5.41) is 10.3. The number of β-amino-alcohol motifs (C(OH)–C–C–N with tert-alkyl or cyclic N) is 1. The standard InChI is InChI=1S/C26H34N4O3S2/c1-3-5-8-11-30-25(33)22(35-26(30)34)18-20-23(28-14-12-27(13-15-28)16-17-31)19-9-6-7-10-21(19)29(4-2)24(20)32/h6-7,9-10,18,31H,3-5,8,11-17H2,1-2H3. The number of aryl methyl sites for hydroxylation is 1. The van der Waals surface area contributed by atoms with Crippen LogP contribution in [0.1, 0.15) is 38.7 Å². The number of anilines is 1. The molecule has 0 unspecified atom stereocenters. The van der Waals surface area contributed by atoms with E-state index in [4.69, 9.17) is 12.2 Å². The molecule has 2 saturated heterocycles. The third kappa shape index (κ3) is 5.33. The molecule has 3 heterocycles. The topological polar surface area (TPSA) is 69.0 Å². The van der Waals surface area contributed by atoms with Crippen LogP contribution in [0.5, 0.6) is 0 Å². The molecule has 188 valence electrons. The van der Waals surface area contributed by atoms with Crippen molar-refractivity contribution in [1.29, 1.82) is 0 Å². The molecule has 35 heavy (non-hydrogen) atoms. The van der Waals surface area contributed by atoms with E-state index in [0.717, 1.165) is 62.0 Å². The third-order valence-electron chi connectivity index (χ3n) is 6.74. The van der Waals surface area contributed by atoms with Crippen molar-refractivity contribution in [2.45, 2.75) is 39.7 Å². The summed E-state index contributed by atoms with van der Waals surface area (Å²) in [6.07, 6.45) is 4.81. The fraction of sp³-hybridized carbons (Fsp3) is 0.500. The molecule has 2 aromatic rings. The molecular weight excluding hydrogens is 480 g/mol. The minimum atomic E-state index is -0.106. The molecule has 7 nitrogen and oxygen atoms in total. The zero-order chi connectivity index (χ0) is 24.9. The highest BCUT2D eigenvalue weighted by Crippen LogP contribution is 2.36. The van der Waals surface area contributed by atoms with Gasteiger partial charge in [-0.05, 0) is 25.5 Å². The number of aliphatic hydroxyl groups excluding tert-OH is 1. The number of hydrogen-bond donors (Lipinski definition) is 1. The van der Waals surface area contributed by atoms with Gasteiger partial charge in [0.15, 0.2) is 0 Å². The van der Waals surface area contributed by atoms with Crippen molar-refractivity contribution in [1.82, 2.24) is 14.4 Å². The molecule has 0 aliphatic carbocycles. The number of carbonyl (C=O) groups excluding carboxylic acids is 1. The number of nitrogens with zero attached hydrogens (tertiary/aromatic N) is 4. The molecule has 4 rings (SSSR count). The van der Waals surface area contributed by atoms with Gasteiger partial charge in [-0.2, -0.15) is 0 Å². The van der Waals surface area contributed by atoms with Crippen molar-refractivity contribution in [2.24, 2.45) is 0 Å². The van der Waals surface area contributed by atoms with Crippen molar-refractivity contribution in [3.8, 4) is 0 Å². The number of rotatable bonds is 9. The number of unbranched alkanes of at least 4 members (excludes halogenated alkanes) is 2. The van der Waals surface area contributed by atoms with Gasteiger partial charge in [0.05, 0.1) is 28.3 Å². The Hall–Kier alpha value is -2.20. The average Bonchev–Trinajstić information content (AvgIpc) is 3.13. The second kappa shape index (κ2) is 11.7. The summed E-state index contributed by atoms with van der Waals surface area (Å²) < 4.78 is 2.35. The van der Waals surface area contributed by atoms with Crippen LogP contribution in [0.4, 0.5) is 5.69 Å². The molecule has 1 aromatic heterocycles. The second-order valence-electron chi connectivity index (χ2n) is 8.92. The van der Waals surface area contributed by atoms with Crippen LogP contribution in [-0.2, 0) is 11.3 Å². The molecule has 9 heteroatoms. The van der Waals surface area contributed by atoms with Crippen LogP contribution in [0.25, 0.3) is 17.0 Å². The van der Waals surface area contributed by atoms with E-state index >= 15 is 0 Å². The van der Waals surface area contributed by atoms with E-state index in [-0.39, 0.29) is 18.1 Å². The summed E-state index contributed by atoms with van der Waals surface area (Å²) in [7, 11) is 0. The van der Waals surface area contributed by atoms with Gasteiger partial charge >= 0.3 is 0 Å². The molecule has 2 aliphatic heterocycles. The van der Waals surface area contributed by atoms with Crippen LogP contribution in [0, 0.1) is 0 Å².